The number of nitrogens with zero attached hydrogens (tertiary/aromatic N) is 4. The molecule has 502 valence electrons. The van der Waals surface area contributed by atoms with Gasteiger partial charge >= 0.3 is 5.97 Å². The lowest BCUT2D eigenvalue weighted by atomic mass is 9.80. The Labute approximate surface area is 533 Å². The molecule has 2 aliphatic carbocycles. The van der Waals surface area contributed by atoms with Gasteiger partial charge in [0, 0.05) is 77.1 Å². The summed E-state index contributed by atoms with van der Waals surface area (Å²) in [5.41, 5.74) is 11.2. The van der Waals surface area contributed by atoms with Gasteiger partial charge in [0.2, 0.25) is 17.7 Å². The number of rotatable bonds is 38. The SMILES string of the molecule is CCC(C)C(CC1CC1C(=O)C(NC(=O)C(C(C)C)N(C)CCCC(=O)OC(C)C(N)C(=O)NNC(=O)CCCCCN1C(=O)C=CC1=O)C(C)C)C(CC(=O)N1CCCC1C(OC)C(C)C(=O)CCCC1(C(=O)N2CCCCO2)CC1c1ccccc1)OC. The van der Waals surface area contributed by atoms with Crippen molar-refractivity contribution in [3.63, 3.8) is 0 Å². The number of likely N-dealkylation sites (N-methyl/N-ethyl adjacent to an activating group) is 1. The summed E-state index contributed by atoms with van der Waals surface area (Å²) < 4.78 is 17.8. The number of hydrogen-bond donors (Lipinski definition) is 4. The lowest BCUT2D eigenvalue weighted by Crippen LogP contribution is -2.54. The minimum absolute atomic E-state index is 0.0106. The summed E-state index contributed by atoms with van der Waals surface area (Å²) in [5.74, 6) is -3.61. The Kier molecular flexibility index (Phi) is 28.1. The van der Waals surface area contributed by atoms with E-state index in [0.717, 1.165) is 42.6 Å². The molecule has 4 fully saturated rings. The molecule has 2 saturated carbocycles. The highest BCUT2D eigenvalue weighted by atomic mass is 16.7. The number of methoxy groups -OCH3 is 2. The van der Waals surface area contributed by atoms with Gasteiger partial charge in [-0.1, -0.05) is 91.6 Å². The zero-order chi connectivity index (χ0) is 66.0. The summed E-state index contributed by atoms with van der Waals surface area (Å²) in [6.07, 6.45) is 10.3. The highest BCUT2D eigenvalue weighted by Gasteiger charge is 2.61. The van der Waals surface area contributed by atoms with Crippen molar-refractivity contribution in [2.24, 2.45) is 52.6 Å². The number of carbonyl (C=O) groups excluding carboxylic acids is 10. The van der Waals surface area contributed by atoms with Gasteiger partial charge < -0.3 is 30.2 Å². The maximum Gasteiger partial charge on any atom is 0.306 e. The summed E-state index contributed by atoms with van der Waals surface area (Å²) in [6, 6.07) is 7.20. The van der Waals surface area contributed by atoms with Crippen molar-refractivity contribution in [3.05, 3.63) is 48.0 Å². The van der Waals surface area contributed by atoms with E-state index in [1.165, 1.54) is 19.1 Å². The molecular formula is C68H106N8O14. The summed E-state index contributed by atoms with van der Waals surface area (Å²) in [6.45, 7) is 17.6. The van der Waals surface area contributed by atoms with E-state index >= 15 is 0 Å². The molecule has 0 bridgehead atoms. The number of nitrogens with two attached hydrogens (primary N) is 1. The van der Waals surface area contributed by atoms with Gasteiger partial charge in [0.15, 0.2) is 5.78 Å². The predicted octanol–water partition coefficient (Wildman–Crippen LogP) is 6.53. The molecule has 3 aliphatic heterocycles. The second-order valence-electron chi connectivity index (χ2n) is 26.9. The predicted molar refractivity (Wildman–Crippen MR) is 338 cm³/mol. The molecule has 0 aromatic heterocycles. The van der Waals surface area contributed by atoms with Gasteiger partial charge in [-0.05, 0) is 139 Å². The summed E-state index contributed by atoms with van der Waals surface area (Å²) in [7, 11) is 5.06. The van der Waals surface area contributed by atoms with Crippen molar-refractivity contribution in [2.75, 3.05) is 54.1 Å². The third kappa shape index (κ3) is 19.6. The maximum absolute atomic E-state index is 14.5. The minimum Gasteiger partial charge on any atom is -0.460 e. The highest BCUT2D eigenvalue weighted by Crippen LogP contribution is 2.63. The van der Waals surface area contributed by atoms with E-state index in [2.05, 4.69) is 42.1 Å². The first-order valence-electron chi connectivity index (χ1n) is 33.4. The summed E-state index contributed by atoms with van der Waals surface area (Å²) >= 11 is 0. The molecular weight excluding hydrogens is 1150 g/mol. The van der Waals surface area contributed by atoms with E-state index in [-0.39, 0.29) is 114 Å². The third-order valence-corrected chi connectivity index (χ3v) is 19.8. The van der Waals surface area contributed by atoms with Crippen LogP contribution in [0.3, 0.4) is 0 Å². The second-order valence-corrected chi connectivity index (χ2v) is 26.9. The Morgan fingerprint density at radius 3 is 2.16 bits per heavy atom. The largest absolute Gasteiger partial charge is 0.460 e. The minimum atomic E-state index is -1.28. The molecule has 1 aromatic carbocycles. The molecule has 6 rings (SSSR count). The number of unbranched alkanes of at least 4 members (excludes halogenated alkanes) is 2. The average Bonchev–Trinajstić information content (AvgIpc) is 1.59. The van der Waals surface area contributed by atoms with Gasteiger partial charge in [-0.15, -0.1) is 0 Å². The molecule has 22 heteroatoms. The lowest BCUT2D eigenvalue weighted by Gasteiger charge is -2.36. The summed E-state index contributed by atoms with van der Waals surface area (Å²) in [4.78, 5) is 143. The smallest absolute Gasteiger partial charge is 0.306 e. The van der Waals surface area contributed by atoms with E-state index in [9.17, 15) is 47.9 Å². The normalized spacial score (nSPS) is 23.6. The van der Waals surface area contributed by atoms with Gasteiger partial charge in [-0.2, -0.15) is 0 Å². The van der Waals surface area contributed by atoms with E-state index in [0.29, 0.717) is 90.4 Å². The number of carbonyl (C=O) groups is 10. The number of imide groups is 1. The number of ether oxygens (including phenoxy) is 3. The van der Waals surface area contributed by atoms with Crippen LogP contribution < -0.4 is 21.9 Å². The average molecular weight is 1260 g/mol. The fraction of sp³-hybridized carbons (Fsp3) is 0.735. The van der Waals surface area contributed by atoms with Crippen molar-refractivity contribution in [1.29, 1.82) is 0 Å². The lowest BCUT2D eigenvalue weighted by molar-refractivity contribution is -0.203. The number of nitrogens with one attached hydrogen (secondary N) is 3. The molecule has 5 aliphatic rings. The van der Waals surface area contributed by atoms with Crippen molar-refractivity contribution in [3.8, 4) is 0 Å². The van der Waals surface area contributed by atoms with Crippen molar-refractivity contribution in [1.82, 2.24) is 35.9 Å². The number of Topliss-reactive ketones (excluding diaryl/α,β-unsaturated/α-hetero) is 2. The molecule has 1 aromatic rings. The third-order valence-electron chi connectivity index (χ3n) is 19.8. The highest BCUT2D eigenvalue weighted by molar-refractivity contribution is 6.12. The van der Waals surface area contributed by atoms with Crippen LogP contribution in [0.5, 0.6) is 0 Å². The molecule has 3 heterocycles. The molecule has 0 radical (unpaired) electrons. The monoisotopic (exact) mass is 1260 g/mol. The Balaban J connectivity index is 0.942. The zero-order valence-electron chi connectivity index (χ0n) is 55.5. The maximum atomic E-state index is 14.5. The number of esters is 1. The number of hydrogen-bond acceptors (Lipinski definition) is 16. The van der Waals surface area contributed by atoms with Gasteiger partial charge in [-0.3, -0.25) is 73.4 Å². The quantitative estimate of drug-likeness (QED) is 0.0237. The number of hydroxylamine groups is 2. The van der Waals surface area contributed by atoms with Crippen LogP contribution in [0.2, 0.25) is 0 Å². The summed E-state index contributed by atoms with van der Waals surface area (Å²) in [5, 5.41) is 4.68. The molecule has 7 amide bonds. The van der Waals surface area contributed by atoms with Crippen molar-refractivity contribution < 1.29 is 67.0 Å². The van der Waals surface area contributed by atoms with Crippen LogP contribution in [0.4, 0.5) is 0 Å². The van der Waals surface area contributed by atoms with Gasteiger partial charge in [0.25, 0.3) is 23.6 Å². The van der Waals surface area contributed by atoms with Gasteiger partial charge in [0.05, 0.1) is 48.8 Å². The first-order chi connectivity index (χ1) is 42.9. The van der Waals surface area contributed by atoms with Crippen LogP contribution >= 0.6 is 0 Å². The van der Waals surface area contributed by atoms with E-state index < -0.39 is 65.6 Å². The standard InChI is InChI=1S/C68H106N8O14/c1-12-44(6)49(54(87-10)40-58(81)74-35-22-26-52(74)64(88-11)45(7)53(77)27-21-32-68(67(86)76-36-19-20-37-89-76)41-51(68)47-24-15-13-16-25-47)38-48-39-50(48)63(83)61(42(2)3)70-66(85)62(43(4)5)73(9)33-23-29-59(82)90-46(8)60(69)65(84)72-71-55(78)28-17-14-18-34-75-56(79)30-31-57(75)80/h13,15-16,24-25,30-31,42-46,48-52,54,60-62,64H,12,14,17-23,26-29,32-41,69H2,1-11H3,(H,70,85)(H,71,78)(H,72,84). The van der Waals surface area contributed by atoms with E-state index in [1.54, 1.807) is 26.3 Å². The van der Waals surface area contributed by atoms with Crippen LogP contribution in [0.15, 0.2) is 42.5 Å². The zero-order valence-corrected chi connectivity index (χ0v) is 55.5. The number of amides is 7. The molecule has 2 saturated heterocycles. The fourth-order valence-corrected chi connectivity index (χ4v) is 14.0. The second kappa shape index (κ2) is 34.6. The number of hydrazine groups is 1. The Bertz CT molecular complexity index is 2630. The number of benzene rings is 1. The topological polar surface area (TPSA) is 283 Å². The Hall–Kier alpha value is -5.94. The van der Waals surface area contributed by atoms with Gasteiger partial charge in [0.1, 0.15) is 17.9 Å². The van der Waals surface area contributed by atoms with Crippen LogP contribution in [0.25, 0.3) is 0 Å². The molecule has 22 nitrogen and oxygen atoms in total. The first-order valence-corrected chi connectivity index (χ1v) is 33.4. The van der Waals surface area contributed by atoms with Crippen LogP contribution in [0.1, 0.15) is 182 Å². The first kappa shape index (κ1) is 73.1. The fourth-order valence-electron chi connectivity index (χ4n) is 14.0. The van der Waals surface area contributed by atoms with Crippen molar-refractivity contribution in [2.45, 2.75) is 219 Å². The van der Waals surface area contributed by atoms with Crippen LogP contribution in [0, 0.1) is 46.8 Å². The Morgan fingerprint density at radius 1 is 0.811 bits per heavy atom. The van der Waals surface area contributed by atoms with E-state index in [4.69, 9.17) is 24.8 Å². The van der Waals surface area contributed by atoms with E-state index in [1.807, 2.05) is 62.6 Å². The van der Waals surface area contributed by atoms with Gasteiger partial charge in [-0.25, -0.2) is 5.06 Å². The molecule has 0 spiro atoms. The molecule has 14 unspecified atom stereocenters. The molecule has 5 N–H and O–H groups in total. The van der Waals surface area contributed by atoms with Crippen LogP contribution in [-0.4, -0.2) is 175 Å². The molecule has 90 heavy (non-hydrogen) atoms. The van der Waals surface area contributed by atoms with Crippen molar-refractivity contribution >= 4 is 58.9 Å². The van der Waals surface area contributed by atoms with Crippen LogP contribution in [-0.2, 0) is 67.0 Å². The Morgan fingerprint density at radius 2 is 1.52 bits per heavy atom. The number of likely N-dealkylation sites (tertiary alicyclic amines) is 1. The molecule has 14 atom stereocenters. The number of ketones is 2.